The van der Waals surface area contributed by atoms with Gasteiger partial charge in [-0.2, -0.15) is 0 Å². The van der Waals surface area contributed by atoms with Crippen molar-refractivity contribution in [1.29, 1.82) is 0 Å². The van der Waals surface area contributed by atoms with Gasteiger partial charge in [0, 0.05) is 29.9 Å². The van der Waals surface area contributed by atoms with Gasteiger partial charge in [-0.15, -0.1) is 11.8 Å². The lowest BCUT2D eigenvalue weighted by Crippen LogP contribution is -2.36. The summed E-state index contributed by atoms with van der Waals surface area (Å²) in [6.07, 6.45) is 3.64. The zero-order valence-electron chi connectivity index (χ0n) is 13.0. The average molecular weight is 329 g/mol. The van der Waals surface area contributed by atoms with Crippen LogP contribution in [0, 0.1) is 0 Å². The van der Waals surface area contributed by atoms with Gasteiger partial charge in [0.25, 0.3) is 5.91 Å². The summed E-state index contributed by atoms with van der Waals surface area (Å²) in [5, 5.41) is 2.89. The molecule has 6 heteroatoms. The molecule has 0 saturated carbocycles. The van der Waals surface area contributed by atoms with E-state index in [1.807, 2.05) is 42.7 Å². The second kappa shape index (κ2) is 7.48. The summed E-state index contributed by atoms with van der Waals surface area (Å²) in [7, 11) is 0. The largest absolute Gasteiger partial charge is 0.378 e. The van der Waals surface area contributed by atoms with Crippen LogP contribution in [0.25, 0.3) is 0 Å². The van der Waals surface area contributed by atoms with Gasteiger partial charge in [-0.25, -0.2) is 4.98 Å². The first-order chi connectivity index (χ1) is 11.3. The van der Waals surface area contributed by atoms with Crippen molar-refractivity contribution in [3.05, 3.63) is 48.2 Å². The molecule has 23 heavy (non-hydrogen) atoms. The molecule has 1 aliphatic rings. The quantitative estimate of drug-likeness (QED) is 0.874. The third-order valence-electron chi connectivity index (χ3n) is 3.69. The summed E-state index contributed by atoms with van der Waals surface area (Å²) in [4.78, 5) is 20.0. The normalized spacial score (nSPS) is 14.6. The standard InChI is InChI=1S/C17H19N3O2S/c1-23-15-5-3-14(4-6-15)19-17(21)13-2-7-16(18-12-13)20-8-10-22-11-9-20/h2-7,12H,8-11H2,1H3,(H,19,21). The zero-order valence-corrected chi connectivity index (χ0v) is 13.8. The van der Waals surface area contributed by atoms with Crippen LogP contribution < -0.4 is 10.2 Å². The molecule has 1 saturated heterocycles. The Morgan fingerprint density at radius 3 is 2.52 bits per heavy atom. The predicted molar refractivity (Wildman–Crippen MR) is 93.4 cm³/mol. The maximum atomic E-state index is 12.3. The summed E-state index contributed by atoms with van der Waals surface area (Å²) in [5.74, 6) is 0.733. The lowest BCUT2D eigenvalue weighted by molar-refractivity contribution is 0.102. The van der Waals surface area contributed by atoms with Crippen molar-refractivity contribution in [2.24, 2.45) is 0 Å². The van der Waals surface area contributed by atoms with E-state index >= 15 is 0 Å². The number of aromatic nitrogens is 1. The van der Waals surface area contributed by atoms with Gasteiger partial charge >= 0.3 is 0 Å². The van der Waals surface area contributed by atoms with E-state index < -0.39 is 0 Å². The first kappa shape index (κ1) is 15.8. The number of carbonyl (C=O) groups excluding carboxylic acids is 1. The SMILES string of the molecule is CSc1ccc(NC(=O)c2ccc(N3CCOCC3)nc2)cc1. The van der Waals surface area contributed by atoms with Crippen LogP contribution >= 0.6 is 11.8 Å². The van der Waals surface area contributed by atoms with Crippen molar-refractivity contribution in [2.75, 3.05) is 42.8 Å². The Labute approximate surface area is 140 Å². The fraction of sp³-hybridized carbons (Fsp3) is 0.294. The number of anilines is 2. The summed E-state index contributed by atoms with van der Waals surface area (Å²) >= 11 is 1.67. The van der Waals surface area contributed by atoms with Gasteiger partial charge in [-0.05, 0) is 42.7 Å². The highest BCUT2D eigenvalue weighted by Crippen LogP contribution is 2.18. The monoisotopic (exact) mass is 329 g/mol. The van der Waals surface area contributed by atoms with Crippen molar-refractivity contribution in [2.45, 2.75) is 4.90 Å². The minimum absolute atomic E-state index is 0.150. The molecule has 0 atom stereocenters. The molecule has 2 heterocycles. The second-order valence-corrected chi connectivity index (χ2v) is 6.07. The van der Waals surface area contributed by atoms with Gasteiger partial charge in [0.2, 0.25) is 0 Å². The molecule has 2 aromatic rings. The molecule has 1 fully saturated rings. The number of pyridine rings is 1. The van der Waals surface area contributed by atoms with E-state index in [4.69, 9.17) is 4.74 Å². The fourth-order valence-corrected chi connectivity index (χ4v) is 2.79. The number of morpholine rings is 1. The number of carbonyl (C=O) groups is 1. The molecule has 1 aromatic heterocycles. The molecule has 0 bridgehead atoms. The Hall–Kier alpha value is -2.05. The molecule has 0 radical (unpaired) electrons. The summed E-state index contributed by atoms with van der Waals surface area (Å²) in [6, 6.07) is 11.5. The Balaban J connectivity index is 1.64. The topological polar surface area (TPSA) is 54.5 Å². The van der Waals surface area contributed by atoms with Crippen LogP contribution in [-0.4, -0.2) is 43.5 Å². The van der Waals surface area contributed by atoms with Crippen LogP contribution in [-0.2, 0) is 4.74 Å². The molecule has 1 amide bonds. The molecule has 5 nitrogen and oxygen atoms in total. The highest BCUT2D eigenvalue weighted by Gasteiger charge is 2.13. The minimum atomic E-state index is -0.150. The van der Waals surface area contributed by atoms with Crippen molar-refractivity contribution in [1.82, 2.24) is 4.98 Å². The Morgan fingerprint density at radius 1 is 1.17 bits per heavy atom. The number of rotatable bonds is 4. The van der Waals surface area contributed by atoms with Crippen LogP contribution in [0.5, 0.6) is 0 Å². The molecule has 1 aromatic carbocycles. The first-order valence-corrected chi connectivity index (χ1v) is 8.73. The minimum Gasteiger partial charge on any atom is -0.378 e. The van der Waals surface area contributed by atoms with Gasteiger partial charge in [0.15, 0.2) is 0 Å². The van der Waals surface area contributed by atoms with Crippen molar-refractivity contribution < 1.29 is 9.53 Å². The van der Waals surface area contributed by atoms with E-state index in [-0.39, 0.29) is 5.91 Å². The Kier molecular flexibility index (Phi) is 5.15. The van der Waals surface area contributed by atoms with E-state index in [0.29, 0.717) is 5.56 Å². The van der Waals surface area contributed by atoms with Gasteiger partial charge in [0.1, 0.15) is 5.82 Å². The van der Waals surface area contributed by atoms with Crippen molar-refractivity contribution in [3.63, 3.8) is 0 Å². The maximum Gasteiger partial charge on any atom is 0.257 e. The van der Waals surface area contributed by atoms with Crippen molar-refractivity contribution in [3.8, 4) is 0 Å². The predicted octanol–water partition coefficient (Wildman–Crippen LogP) is 2.89. The summed E-state index contributed by atoms with van der Waals surface area (Å²) < 4.78 is 5.33. The highest BCUT2D eigenvalue weighted by molar-refractivity contribution is 7.98. The Bertz CT molecular complexity index is 653. The third-order valence-corrected chi connectivity index (χ3v) is 4.44. The van der Waals surface area contributed by atoms with Crippen LogP contribution in [0.4, 0.5) is 11.5 Å². The van der Waals surface area contributed by atoms with Crippen LogP contribution in [0.3, 0.4) is 0 Å². The molecular weight excluding hydrogens is 310 g/mol. The number of hydrogen-bond acceptors (Lipinski definition) is 5. The molecule has 3 rings (SSSR count). The number of nitrogens with one attached hydrogen (secondary N) is 1. The number of hydrogen-bond donors (Lipinski definition) is 1. The van der Waals surface area contributed by atoms with E-state index in [0.717, 1.165) is 37.8 Å². The molecule has 0 spiro atoms. The number of nitrogens with zero attached hydrogens (tertiary/aromatic N) is 2. The number of ether oxygens (including phenoxy) is 1. The van der Waals surface area contributed by atoms with E-state index in [2.05, 4.69) is 15.2 Å². The third kappa shape index (κ3) is 4.03. The summed E-state index contributed by atoms with van der Waals surface area (Å²) in [6.45, 7) is 3.10. The molecule has 1 aliphatic heterocycles. The zero-order chi connectivity index (χ0) is 16.1. The van der Waals surface area contributed by atoms with Gasteiger partial charge in [-0.3, -0.25) is 4.79 Å². The number of thioether (sulfide) groups is 1. The molecular formula is C17H19N3O2S. The van der Waals surface area contributed by atoms with Crippen LogP contribution in [0.2, 0.25) is 0 Å². The molecule has 120 valence electrons. The summed E-state index contributed by atoms with van der Waals surface area (Å²) in [5.41, 5.74) is 1.33. The lowest BCUT2D eigenvalue weighted by atomic mass is 10.2. The Morgan fingerprint density at radius 2 is 1.91 bits per heavy atom. The smallest absolute Gasteiger partial charge is 0.257 e. The highest BCUT2D eigenvalue weighted by atomic mass is 32.2. The number of amides is 1. The average Bonchev–Trinajstić information content (AvgIpc) is 2.63. The van der Waals surface area contributed by atoms with E-state index in [1.54, 1.807) is 18.0 Å². The number of benzene rings is 1. The molecule has 0 unspecified atom stereocenters. The van der Waals surface area contributed by atoms with E-state index in [9.17, 15) is 4.79 Å². The fourth-order valence-electron chi connectivity index (χ4n) is 2.38. The van der Waals surface area contributed by atoms with E-state index in [1.165, 1.54) is 4.90 Å². The van der Waals surface area contributed by atoms with Gasteiger partial charge in [-0.1, -0.05) is 0 Å². The van der Waals surface area contributed by atoms with Crippen LogP contribution in [0.1, 0.15) is 10.4 Å². The first-order valence-electron chi connectivity index (χ1n) is 7.50. The van der Waals surface area contributed by atoms with Gasteiger partial charge < -0.3 is 15.0 Å². The molecule has 1 N–H and O–H groups in total. The van der Waals surface area contributed by atoms with Gasteiger partial charge in [0.05, 0.1) is 18.8 Å². The van der Waals surface area contributed by atoms with Crippen LogP contribution in [0.15, 0.2) is 47.5 Å². The second-order valence-electron chi connectivity index (χ2n) is 5.19. The van der Waals surface area contributed by atoms with Crippen molar-refractivity contribution >= 4 is 29.2 Å². The lowest BCUT2D eigenvalue weighted by Gasteiger charge is -2.27. The molecule has 0 aliphatic carbocycles. The maximum absolute atomic E-state index is 12.3.